The van der Waals surface area contributed by atoms with Crippen LogP contribution >= 0.6 is 0 Å². The number of rotatable bonds is 4. The minimum absolute atomic E-state index is 0.0454. The predicted molar refractivity (Wildman–Crippen MR) is 96.5 cm³/mol. The second-order valence-electron chi connectivity index (χ2n) is 6.33. The number of hydrogen-bond acceptors (Lipinski definition) is 3. The monoisotopic (exact) mass is 356 g/mol. The fourth-order valence-corrected chi connectivity index (χ4v) is 2.96. The maximum atomic E-state index is 13.6. The number of hydrogen-bond donors (Lipinski definition) is 1. The number of ether oxygens (including phenoxy) is 1. The summed E-state index contributed by atoms with van der Waals surface area (Å²) in [4.78, 5) is 25.5. The van der Waals surface area contributed by atoms with Crippen LogP contribution in [0, 0.1) is 11.7 Å². The number of benzene rings is 2. The van der Waals surface area contributed by atoms with E-state index in [1.54, 1.807) is 54.3 Å². The minimum Gasteiger partial charge on any atom is -0.454 e. The Kier molecular flexibility index (Phi) is 5.51. The van der Waals surface area contributed by atoms with Crippen molar-refractivity contribution in [3.05, 3.63) is 54.3 Å². The summed E-state index contributed by atoms with van der Waals surface area (Å²) < 4.78 is 19.1. The van der Waals surface area contributed by atoms with E-state index in [0.29, 0.717) is 37.4 Å². The molecule has 0 aromatic heterocycles. The van der Waals surface area contributed by atoms with E-state index in [0.717, 1.165) is 0 Å². The zero-order valence-corrected chi connectivity index (χ0v) is 14.6. The number of nitrogens with zero attached hydrogens (tertiary/aromatic N) is 1. The molecule has 2 amide bonds. The first kappa shape index (κ1) is 17.9. The summed E-state index contributed by atoms with van der Waals surface area (Å²) in [6.07, 6.45) is 1.33. The topological polar surface area (TPSA) is 58.6 Å². The molecule has 5 nitrogen and oxygen atoms in total. The highest BCUT2D eigenvalue weighted by Crippen LogP contribution is 2.26. The number of para-hydroxylation sites is 1. The lowest BCUT2D eigenvalue weighted by Crippen LogP contribution is -2.40. The first-order valence-electron chi connectivity index (χ1n) is 8.62. The first-order chi connectivity index (χ1) is 12.5. The van der Waals surface area contributed by atoms with Gasteiger partial charge in [-0.25, -0.2) is 4.39 Å². The molecule has 1 aliphatic heterocycles. The van der Waals surface area contributed by atoms with Crippen LogP contribution in [0.3, 0.4) is 0 Å². The van der Waals surface area contributed by atoms with Gasteiger partial charge in [0, 0.05) is 31.6 Å². The van der Waals surface area contributed by atoms with Gasteiger partial charge in [0.15, 0.2) is 11.6 Å². The Hall–Kier alpha value is -2.89. The van der Waals surface area contributed by atoms with Crippen molar-refractivity contribution in [3.63, 3.8) is 0 Å². The summed E-state index contributed by atoms with van der Waals surface area (Å²) in [7, 11) is 0. The second kappa shape index (κ2) is 7.99. The summed E-state index contributed by atoms with van der Waals surface area (Å²) in [6.45, 7) is 2.77. The van der Waals surface area contributed by atoms with Gasteiger partial charge in [-0.15, -0.1) is 0 Å². The maximum absolute atomic E-state index is 13.6. The van der Waals surface area contributed by atoms with Crippen LogP contribution in [0.15, 0.2) is 48.5 Å². The van der Waals surface area contributed by atoms with Crippen molar-refractivity contribution in [2.45, 2.75) is 19.8 Å². The van der Waals surface area contributed by atoms with Gasteiger partial charge < -0.3 is 15.0 Å². The highest BCUT2D eigenvalue weighted by molar-refractivity contribution is 5.92. The summed E-state index contributed by atoms with van der Waals surface area (Å²) in [6, 6.07) is 13.0. The van der Waals surface area contributed by atoms with E-state index in [1.807, 2.05) is 0 Å². The number of nitrogens with one attached hydrogen (secondary N) is 1. The number of halogens is 1. The largest absolute Gasteiger partial charge is 0.454 e. The normalized spacial score (nSPS) is 14.8. The van der Waals surface area contributed by atoms with Gasteiger partial charge in [-0.3, -0.25) is 9.59 Å². The molecule has 1 N–H and O–H groups in total. The Morgan fingerprint density at radius 2 is 1.73 bits per heavy atom. The Morgan fingerprint density at radius 3 is 2.35 bits per heavy atom. The predicted octanol–water partition coefficient (Wildman–Crippen LogP) is 3.82. The molecule has 1 fully saturated rings. The van der Waals surface area contributed by atoms with E-state index in [-0.39, 0.29) is 23.5 Å². The first-order valence-corrected chi connectivity index (χ1v) is 8.62. The molecule has 6 heteroatoms. The Bertz CT molecular complexity index is 784. The fraction of sp³-hybridized carbons (Fsp3) is 0.300. The maximum Gasteiger partial charge on any atom is 0.227 e. The zero-order chi connectivity index (χ0) is 18.5. The van der Waals surface area contributed by atoms with Crippen molar-refractivity contribution in [2.75, 3.05) is 18.4 Å². The third-order valence-corrected chi connectivity index (χ3v) is 4.50. The van der Waals surface area contributed by atoms with Crippen molar-refractivity contribution in [1.29, 1.82) is 0 Å². The van der Waals surface area contributed by atoms with Gasteiger partial charge in [-0.1, -0.05) is 12.1 Å². The van der Waals surface area contributed by atoms with Crippen LogP contribution in [0.5, 0.6) is 11.5 Å². The van der Waals surface area contributed by atoms with Crippen molar-refractivity contribution in [1.82, 2.24) is 4.90 Å². The third-order valence-electron chi connectivity index (χ3n) is 4.50. The van der Waals surface area contributed by atoms with E-state index in [2.05, 4.69) is 5.32 Å². The molecular formula is C20H21FN2O3. The molecule has 1 aliphatic rings. The van der Waals surface area contributed by atoms with Crippen LogP contribution in [0.2, 0.25) is 0 Å². The smallest absolute Gasteiger partial charge is 0.227 e. The van der Waals surface area contributed by atoms with Crippen molar-refractivity contribution in [2.24, 2.45) is 5.92 Å². The number of carbonyl (C=O) groups is 2. The average Bonchev–Trinajstić information content (AvgIpc) is 2.65. The van der Waals surface area contributed by atoms with Crippen LogP contribution in [0.4, 0.5) is 10.1 Å². The molecule has 0 aliphatic carbocycles. The van der Waals surface area contributed by atoms with Gasteiger partial charge in [0.25, 0.3) is 0 Å². The standard InChI is InChI=1S/C20H21FN2O3/c1-14(24)23-12-10-15(11-13-23)20(25)22-16-6-8-17(9-7-16)26-19-5-3-2-4-18(19)21/h2-9,15H,10-13H2,1H3,(H,22,25). The van der Waals surface area contributed by atoms with Gasteiger partial charge in [-0.2, -0.15) is 0 Å². The quantitative estimate of drug-likeness (QED) is 0.906. The molecule has 1 saturated heterocycles. The number of anilines is 1. The van der Waals surface area contributed by atoms with E-state index < -0.39 is 5.82 Å². The highest BCUT2D eigenvalue weighted by atomic mass is 19.1. The Balaban J connectivity index is 1.55. The van der Waals surface area contributed by atoms with Gasteiger partial charge >= 0.3 is 0 Å². The fourth-order valence-electron chi connectivity index (χ4n) is 2.96. The summed E-state index contributed by atoms with van der Waals surface area (Å²) in [5.74, 6) is 0.122. The molecule has 0 bridgehead atoms. The molecule has 26 heavy (non-hydrogen) atoms. The molecule has 2 aromatic carbocycles. The Labute approximate surface area is 151 Å². The van der Waals surface area contributed by atoms with Gasteiger partial charge in [0.2, 0.25) is 11.8 Å². The van der Waals surface area contributed by atoms with Crippen molar-refractivity contribution in [3.8, 4) is 11.5 Å². The summed E-state index contributed by atoms with van der Waals surface area (Å²) in [5, 5.41) is 2.89. The lowest BCUT2D eigenvalue weighted by atomic mass is 9.96. The molecule has 0 spiro atoms. The molecule has 3 rings (SSSR count). The molecule has 0 atom stereocenters. The van der Waals surface area contributed by atoms with Gasteiger partial charge in [-0.05, 0) is 49.2 Å². The van der Waals surface area contributed by atoms with E-state index in [1.165, 1.54) is 6.07 Å². The molecule has 0 unspecified atom stereocenters. The van der Waals surface area contributed by atoms with Crippen LogP contribution in [0.25, 0.3) is 0 Å². The number of carbonyl (C=O) groups excluding carboxylic acids is 2. The lowest BCUT2D eigenvalue weighted by molar-refractivity contribution is -0.132. The number of piperidine rings is 1. The molecule has 0 radical (unpaired) electrons. The molecular weight excluding hydrogens is 335 g/mol. The molecule has 136 valence electrons. The second-order valence-corrected chi connectivity index (χ2v) is 6.33. The number of likely N-dealkylation sites (tertiary alicyclic amines) is 1. The van der Waals surface area contributed by atoms with Gasteiger partial charge in [0.1, 0.15) is 5.75 Å². The van der Waals surface area contributed by atoms with Crippen LogP contribution in [-0.4, -0.2) is 29.8 Å². The molecule has 0 saturated carbocycles. The van der Waals surface area contributed by atoms with Crippen molar-refractivity contribution >= 4 is 17.5 Å². The van der Waals surface area contributed by atoms with E-state index in [4.69, 9.17) is 4.74 Å². The van der Waals surface area contributed by atoms with Crippen molar-refractivity contribution < 1.29 is 18.7 Å². The minimum atomic E-state index is -0.429. The average molecular weight is 356 g/mol. The third kappa shape index (κ3) is 4.39. The van der Waals surface area contributed by atoms with Crippen LogP contribution in [0.1, 0.15) is 19.8 Å². The summed E-state index contributed by atoms with van der Waals surface area (Å²) >= 11 is 0. The summed E-state index contributed by atoms with van der Waals surface area (Å²) in [5.41, 5.74) is 0.657. The lowest BCUT2D eigenvalue weighted by Gasteiger charge is -2.30. The van der Waals surface area contributed by atoms with Crippen LogP contribution in [-0.2, 0) is 9.59 Å². The SMILES string of the molecule is CC(=O)N1CCC(C(=O)Nc2ccc(Oc3ccccc3F)cc2)CC1. The highest BCUT2D eigenvalue weighted by Gasteiger charge is 2.25. The molecule has 1 heterocycles. The van der Waals surface area contributed by atoms with E-state index in [9.17, 15) is 14.0 Å². The van der Waals surface area contributed by atoms with E-state index >= 15 is 0 Å². The number of amides is 2. The van der Waals surface area contributed by atoms with Crippen LogP contribution < -0.4 is 10.1 Å². The zero-order valence-electron chi connectivity index (χ0n) is 14.6. The Morgan fingerprint density at radius 1 is 1.08 bits per heavy atom. The van der Waals surface area contributed by atoms with Gasteiger partial charge in [0.05, 0.1) is 0 Å². The molecule has 2 aromatic rings.